The molecule has 0 saturated heterocycles. The van der Waals surface area contributed by atoms with Crippen molar-refractivity contribution < 1.29 is 14.0 Å². The molecule has 196 valence electrons. The number of benzene rings is 3. The number of nitrogens with zero attached hydrogens (tertiary/aromatic N) is 2. The number of imidazole rings is 1. The van der Waals surface area contributed by atoms with Crippen molar-refractivity contribution in [3.63, 3.8) is 0 Å². The summed E-state index contributed by atoms with van der Waals surface area (Å²) in [6, 6.07) is 22.2. The van der Waals surface area contributed by atoms with Crippen LogP contribution in [0, 0.1) is 5.82 Å². The highest BCUT2D eigenvalue weighted by Gasteiger charge is 2.34. The Labute approximate surface area is 220 Å². The quantitative estimate of drug-likeness (QED) is 0.167. The van der Waals surface area contributed by atoms with Crippen LogP contribution in [0.15, 0.2) is 91.3 Å². The van der Waals surface area contributed by atoms with Crippen LogP contribution in [-0.2, 0) is 16.1 Å². The number of carbonyl (C=O) groups excluding carboxylic acids is 2. The average Bonchev–Trinajstić information content (AvgIpc) is 3.44. The summed E-state index contributed by atoms with van der Waals surface area (Å²) in [5.74, 6) is -1.59. The van der Waals surface area contributed by atoms with E-state index in [1.807, 2.05) is 60.7 Å². The van der Waals surface area contributed by atoms with Crippen LogP contribution in [0.5, 0.6) is 0 Å². The number of rotatable bonds is 12. The molecule has 4 rings (SSSR count). The van der Waals surface area contributed by atoms with E-state index in [1.165, 1.54) is 17.0 Å². The monoisotopic (exact) mass is 514 g/mol. The number of hydrogen-bond donors (Lipinski definition) is 4. The van der Waals surface area contributed by atoms with Crippen molar-refractivity contribution in [1.29, 1.82) is 0 Å². The first-order valence-electron chi connectivity index (χ1n) is 12.4. The zero-order chi connectivity index (χ0) is 26.9. The Kier molecular flexibility index (Phi) is 8.71. The van der Waals surface area contributed by atoms with Gasteiger partial charge in [0.2, 0.25) is 11.8 Å². The van der Waals surface area contributed by atoms with Crippen molar-refractivity contribution in [2.75, 3.05) is 17.6 Å². The van der Waals surface area contributed by atoms with Crippen LogP contribution in [-0.4, -0.2) is 39.3 Å². The van der Waals surface area contributed by atoms with Gasteiger partial charge in [0.1, 0.15) is 11.9 Å². The summed E-state index contributed by atoms with van der Waals surface area (Å²) in [5.41, 5.74) is 13.6. The minimum absolute atomic E-state index is 0.00789. The van der Waals surface area contributed by atoms with Crippen LogP contribution in [0.25, 0.3) is 0 Å². The number of nitrogens with one attached hydrogen (secondary N) is 2. The van der Waals surface area contributed by atoms with Crippen LogP contribution in [0.4, 0.5) is 16.0 Å². The topological polar surface area (TPSA) is 130 Å². The molecule has 0 aliphatic heterocycles. The number of carbonyl (C=O) groups is 2. The predicted molar refractivity (Wildman–Crippen MR) is 145 cm³/mol. The highest BCUT2D eigenvalue weighted by atomic mass is 19.1. The fourth-order valence-corrected chi connectivity index (χ4v) is 4.46. The Hall–Kier alpha value is -4.66. The second kappa shape index (κ2) is 12.5. The zero-order valence-corrected chi connectivity index (χ0v) is 20.9. The van der Waals surface area contributed by atoms with Crippen molar-refractivity contribution in [1.82, 2.24) is 14.9 Å². The number of aromatic amines is 1. The lowest BCUT2D eigenvalue weighted by Gasteiger charge is -2.33. The van der Waals surface area contributed by atoms with E-state index in [0.717, 1.165) is 11.1 Å². The molecule has 0 saturated carbocycles. The number of H-pyrrole nitrogens is 1. The van der Waals surface area contributed by atoms with E-state index in [-0.39, 0.29) is 18.1 Å². The SMILES string of the molecule is NC(=O)[C@@H](CCCNc1ncc[nH]1)N(Cc1ccc(N)c(F)c1)C(=O)C(c1ccccc1)c1ccccc1. The number of hydrogen-bond acceptors (Lipinski definition) is 5. The molecule has 1 atom stereocenters. The molecule has 0 spiro atoms. The predicted octanol–water partition coefficient (Wildman–Crippen LogP) is 4.04. The molecule has 0 aliphatic carbocycles. The van der Waals surface area contributed by atoms with Crippen molar-refractivity contribution in [2.45, 2.75) is 31.3 Å². The fourth-order valence-electron chi connectivity index (χ4n) is 4.46. The van der Waals surface area contributed by atoms with Crippen molar-refractivity contribution in [3.05, 3.63) is 114 Å². The second-order valence-electron chi connectivity index (χ2n) is 9.00. The number of nitrogens with two attached hydrogens (primary N) is 2. The van der Waals surface area contributed by atoms with Gasteiger partial charge in [0.05, 0.1) is 11.6 Å². The third-order valence-electron chi connectivity index (χ3n) is 6.36. The Morgan fingerprint density at radius 3 is 2.21 bits per heavy atom. The number of primary amides is 1. The average molecular weight is 515 g/mol. The highest BCUT2D eigenvalue weighted by molar-refractivity contribution is 5.92. The third-order valence-corrected chi connectivity index (χ3v) is 6.36. The summed E-state index contributed by atoms with van der Waals surface area (Å²) in [7, 11) is 0. The van der Waals surface area contributed by atoms with Gasteiger partial charge in [0.25, 0.3) is 0 Å². The molecule has 1 heterocycles. The molecule has 0 bridgehead atoms. The van der Waals surface area contributed by atoms with Gasteiger partial charge in [-0.2, -0.15) is 0 Å². The van der Waals surface area contributed by atoms with Gasteiger partial charge in [0, 0.05) is 25.5 Å². The maximum Gasteiger partial charge on any atom is 0.240 e. The summed E-state index contributed by atoms with van der Waals surface area (Å²) in [6.45, 7) is 0.502. The van der Waals surface area contributed by atoms with Gasteiger partial charge in [-0.05, 0) is 41.7 Å². The lowest BCUT2D eigenvalue weighted by atomic mass is 9.89. The van der Waals surface area contributed by atoms with E-state index < -0.39 is 23.7 Å². The van der Waals surface area contributed by atoms with E-state index in [0.29, 0.717) is 30.9 Å². The molecule has 0 fully saturated rings. The normalized spacial score (nSPS) is 11.7. The standard InChI is InChI=1S/C29H31FN6O2/c30-23-18-20(13-14-24(23)31)19-36(25(27(32)37)12-7-15-33-29-34-16-17-35-29)28(38)26(21-8-3-1-4-9-21)22-10-5-2-6-11-22/h1-6,8-11,13-14,16-18,25-26H,7,12,15,19,31H2,(H2,32,37)(H2,33,34,35)/t25-/m1/s1. The summed E-state index contributed by atoms with van der Waals surface area (Å²) in [6.07, 6.45) is 4.18. The summed E-state index contributed by atoms with van der Waals surface area (Å²) in [4.78, 5) is 35.7. The van der Waals surface area contributed by atoms with Crippen molar-refractivity contribution >= 4 is 23.5 Å². The van der Waals surface area contributed by atoms with Gasteiger partial charge in [-0.15, -0.1) is 0 Å². The second-order valence-corrected chi connectivity index (χ2v) is 9.00. The Morgan fingerprint density at radius 1 is 1.00 bits per heavy atom. The van der Waals surface area contributed by atoms with Crippen LogP contribution < -0.4 is 16.8 Å². The van der Waals surface area contributed by atoms with Gasteiger partial charge in [-0.1, -0.05) is 66.7 Å². The largest absolute Gasteiger partial charge is 0.396 e. The molecule has 0 radical (unpaired) electrons. The lowest BCUT2D eigenvalue weighted by Crippen LogP contribution is -2.49. The molecule has 4 aromatic rings. The van der Waals surface area contributed by atoms with Gasteiger partial charge in [-0.25, -0.2) is 9.37 Å². The van der Waals surface area contributed by atoms with Gasteiger partial charge < -0.3 is 26.7 Å². The molecular weight excluding hydrogens is 483 g/mol. The van der Waals surface area contributed by atoms with Gasteiger partial charge >= 0.3 is 0 Å². The molecular formula is C29H31FN6O2. The van der Waals surface area contributed by atoms with E-state index >= 15 is 0 Å². The number of aromatic nitrogens is 2. The van der Waals surface area contributed by atoms with Crippen LogP contribution >= 0.6 is 0 Å². The van der Waals surface area contributed by atoms with E-state index in [9.17, 15) is 14.0 Å². The zero-order valence-electron chi connectivity index (χ0n) is 20.9. The molecule has 8 nitrogen and oxygen atoms in total. The van der Waals surface area contributed by atoms with E-state index in [2.05, 4.69) is 15.3 Å². The van der Waals surface area contributed by atoms with Crippen LogP contribution in [0.3, 0.4) is 0 Å². The molecule has 0 unspecified atom stereocenters. The summed E-state index contributed by atoms with van der Waals surface area (Å²) in [5, 5.41) is 3.14. The first-order chi connectivity index (χ1) is 18.4. The Balaban J connectivity index is 1.67. The maximum absolute atomic E-state index is 14.3. The minimum Gasteiger partial charge on any atom is -0.396 e. The van der Waals surface area contributed by atoms with Gasteiger partial charge in [0.15, 0.2) is 5.95 Å². The summed E-state index contributed by atoms with van der Waals surface area (Å²) < 4.78 is 14.3. The van der Waals surface area contributed by atoms with Crippen molar-refractivity contribution in [2.24, 2.45) is 5.73 Å². The highest BCUT2D eigenvalue weighted by Crippen LogP contribution is 2.29. The van der Waals surface area contributed by atoms with Crippen LogP contribution in [0.2, 0.25) is 0 Å². The smallest absolute Gasteiger partial charge is 0.240 e. The Morgan fingerprint density at radius 2 is 1.66 bits per heavy atom. The van der Waals surface area contributed by atoms with E-state index in [4.69, 9.17) is 11.5 Å². The van der Waals surface area contributed by atoms with Crippen LogP contribution in [0.1, 0.15) is 35.4 Å². The molecule has 0 aliphatic rings. The Bertz CT molecular complexity index is 1290. The molecule has 2 amide bonds. The first kappa shape index (κ1) is 26.4. The number of halogens is 1. The molecule has 38 heavy (non-hydrogen) atoms. The molecule has 3 aromatic carbocycles. The number of nitrogen functional groups attached to an aromatic ring is 1. The maximum atomic E-state index is 14.3. The number of anilines is 2. The third kappa shape index (κ3) is 6.56. The number of amides is 2. The molecule has 1 aromatic heterocycles. The molecule has 9 heteroatoms. The minimum atomic E-state index is -0.920. The van der Waals surface area contributed by atoms with Gasteiger partial charge in [-0.3, -0.25) is 9.59 Å². The molecule has 6 N–H and O–H groups in total. The van der Waals surface area contributed by atoms with Crippen molar-refractivity contribution in [3.8, 4) is 0 Å². The van der Waals surface area contributed by atoms with E-state index in [1.54, 1.807) is 18.5 Å². The fraction of sp³-hybridized carbons (Fsp3) is 0.207. The first-order valence-corrected chi connectivity index (χ1v) is 12.4. The lowest BCUT2D eigenvalue weighted by molar-refractivity contribution is -0.140. The summed E-state index contributed by atoms with van der Waals surface area (Å²) >= 11 is 0.